The summed E-state index contributed by atoms with van der Waals surface area (Å²) in [7, 11) is 0. The van der Waals surface area contributed by atoms with Crippen LogP contribution in [0.4, 0.5) is 0 Å². The normalized spacial score (nSPS) is 12.5. The lowest BCUT2D eigenvalue weighted by Crippen LogP contribution is -2.22. The number of carbonyl (C=O) groups is 4. The van der Waals surface area contributed by atoms with E-state index in [2.05, 4.69) is 95.2 Å². The van der Waals surface area contributed by atoms with Gasteiger partial charge in [0.25, 0.3) is 0 Å². The van der Waals surface area contributed by atoms with Crippen LogP contribution in [-0.2, 0) is 35.4 Å². The Balaban J connectivity index is 0.00000242. The average molecular weight is 747 g/mol. The zero-order valence-electron chi connectivity index (χ0n) is 33.8. The van der Waals surface area contributed by atoms with Gasteiger partial charge >= 0.3 is 23.9 Å². The lowest BCUT2D eigenvalue weighted by atomic mass is 9.79. The number of aliphatic carboxylic acids is 2. The third-order valence-electron chi connectivity index (χ3n) is 6.98. The number of hydrogen-bond acceptors (Lipinski definition) is 8. The molecule has 0 amide bonds. The molecule has 2 aromatic rings. The van der Waals surface area contributed by atoms with Crippen LogP contribution in [0, 0.1) is 12.3 Å². The number of benzene rings is 2. The van der Waals surface area contributed by atoms with Crippen LogP contribution in [0.2, 0.25) is 0 Å². The van der Waals surface area contributed by atoms with Crippen molar-refractivity contribution in [2.45, 2.75) is 167 Å². The SMILES string of the molecule is CC(C)(C)C.Cc1cc(SC(C)(C)Sc2cc(C(C)(C)C)c(OC(=O)CCC(=O)O)c(C(C)(C)C)c2)cc(C(C)(C)C)c1OC(=O)CCC(=O)O. The third-order valence-corrected chi connectivity index (χ3v) is 9.41. The number of carboxylic acids is 2. The number of carboxylic acid groups (broad SMARTS) is 2. The first kappa shape index (κ1) is 46.0. The second-order valence-corrected chi connectivity index (χ2v) is 21.7. The molecular weight excluding hydrogens is 685 g/mol. The first-order valence-corrected chi connectivity index (χ1v) is 19.0. The van der Waals surface area contributed by atoms with Gasteiger partial charge in [0.1, 0.15) is 11.5 Å². The molecular formula is C41H62O8S2. The fraction of sp³-hybridized carbons (Fsp3) is 0.610. The van der Waals surface area contributed by atoms with Gasteiger partial charge < -0.3 is 19.7 Å². The average Bonchev–Trinajstić information content (AvgIpc) is 2.89. The van der Waals surface area contributed by atoms with Gasteiger partial charge in [0.05, 0.1) is 29.8 Å². The van der Waals surface area contributed by atoms with Crippen molar-refractivity contribution in [1.82, 2.24) is 0 Å². The highest BCUT2D eigenvalue weighted by Gasteiger charge is 2.32. The Kier molecular flexibility index (Phi) is 16.0. The summed E-state index contributed by atoms with van der Waals surface area (Å²) in [6.45, 7) is 33.4. The number of thioether (sulfide) groups is 2. The van der Waals surface area contributed by atoms with Gasteiger partial charge in [-0.2, -0.15) is 0 Å². The molecule has 10 heteroatoms. The standard InChI is InChI=1S/C36H50O8S2.C5H12/c1-21-17-22(18-24(33(2,3)4)31(21)43-29(41)15-13-27(37)38)45-36(11,12)46-23-19-25(34(5,6)7)32(26(20-23)35(8,9)10)44-30(42)16-14-28(39)40;1-5(2,3)4/h17-20H,13-16H2,1-12H3,(H,37,38)(H,39,40);1-4H3. The van der Waals surface area contributed by atoms with Crippen LogP contribution >= 0.6 is 23.5 Å². The molecule has 0 aliphatic carbocycles. The van der Waals surface area contributed by atoms with Crippen molar-refractivity contribution in [2.24, 2.45) is 5.41 Å². The number of aryl methyl sites for hydroxylation is 1. The molecule has 0 bridgehead atoms. The Morgan fingerprint density at radius 1 is 0.529 bits per heavy atom. The smallest absolute Gasteiger partial charge is 0.311 e. The van der Waals surface area contributed by atoms with Gasteiger partial charge in [-0.15, -0.1) is 23.5 Å². The molecule has 0 spiro atoms. The second kappa shape index (κ2) is 17.7. The number of carbonyl (C=O) groups excluding carboxylic acids is 2. The summed E-state index contributed by atoms with van der Waals surface area (Å²) in [6, 6.07) is 8.16. The van der Waals surface area contributed by atoms with Crippen molar-refractivity contribution in [2.75, 3.05) is 0 Å². The molecule has 286 valence electrons. The summed E-state index contributed by atoms with van der Waals surface area (Å²) in [4.78, 5) is 49.2. The molecule has 0 heterocycles. The number of hydrogen-bond donors (Lipinski definition) is 2. The van der Waals surface area contributed by atoms with Crippen LogP contribution in [0.15, 0.2) is 34.1 Å². The van der Waals surface area contributed by atoms with Crippen molar-refractivity contribution < 1.29 is 38.9 Å². The Morgan fingerprint density at radius 2 is 0.824 bits per heavy atom. The molecule has 0 atom stereocenters. The van der Waals surface area contributed by atoms with Crippen molar-refractivity contribution in [3.63, 3.8) is 0 Å². The lowest BCUT2D eigenvalue weighted by molar-refractivity contribution is -0.142. The summed E-state index contributed by atoms with van der Waals surface area (Å²) in [5, 5.41) is 18.0. The van der Waals surface area contributed by atoms with Gasteiger partial charge in [0.2, 0.25) is 0 Å². The molecule has 0 aliphatic heterocycles. The van der Waals surface area contributed by atoms with Crippen LogP contribution in [0.3, 0.4) is 0 Å². The highest BCUT2D eigenvalue weighted by atomic mass is 32.2. The van der Waals surface area contributed by atoms with Crippen molar-refractivity contribution >= 4 is 47.4 Å². The maximum atomic E-state index is 12.7. The number of ether oxygens (including phenoxy) is 2. The van der Waals surface area contributed by atoms with E-state index >= 15 is 0 Å². The molecule has 2 N–H and O–H groups in total. The summed E-state index contributed by atoms with van der Waals surface area (Å²) < 4.78 is 11.3. The zero-order chi connectivity index (χ0) is 39.9. The molecule has 2 aromatic carbocycles. The fourth-order valence-electron chi connectivity index (χ4n) is 4.71. The van der Waals surface area contributed by atoms with E-state index in [1.807, 2.05) is 39.8 Å². The molecule has 2 rings (SSSR count). The van der Waals surface area contributed by atoms with Crippen molar-refractivity contribution in [3.8, 4) is 11.5 Å². The van der Waals surface area contributed by atoms with E-state index in [-0.39, 0.29) is 46.0 Å². The van der Waals surface area contributed by atoms with Gasteiger partial charge in [-0.1, -0.05) is 90.0 Å². The fourth-order valence-corrected chi connectivity index (χ4v) is 7.36. The van der Waals surface area contributed by atoms with Gasteiger partial charge in [0, 0.05) is 26.5 Å². The molecule has 0 saturated heterocycles. The van der Waals surface area contributed by atoms with Gasteiger partial charge in [-0.3, -0.25) is 19.2 Å². The maximum Gasteiger partial charge on any atom is 0.311 e. The molecule has 0 unspecified atom stereocenters. The highest BCUT2D eigenvalue weighted by Crippen LogP contribution is 2.50. The van der Waals surface area contributed by atoms with E-state index in [1.165, 1.54) is 0 Å². The quantitative estimate of drug-likeness (QED) is 0.0937. The van der Waals surface area contributed by atoms with Crippen LogP contribution in [0.25, 0.3) is 0 Å². The van der Waals surface area contributed by atoms with Crippen LogP contribution in [0.5, 0.6) is 11.5 Å². The second-order valence-electron chi connectivity index (χ2n) is 18.1. The summed E-state index contributed by atoms with van der Waals surface area (Å²) >= 11 is 3.37. The predicted octanol–water partition coefficient (Wildman–Crippen LogP) is 11.1. The van der Waals surface area contributed by atoms with Crippen molar-refractivity contribution in [3.05, 3.63) is 46.5 Å². The van der Waals surface area contributed by atoms with E-state index in [4.69, 9.17) is 19.7 Å². The Hall–Kier alpha value is -2.98. The summed E-state index contributed by atoms with van der Waals surface area (Å²) in [5.41, 5.74) is 2.80. The maximum absolute atomic E-state index is 12.7. The van der Waals surface area contributed by atoms with Gasteiger partial charge in [0.15, 0.2) is 0 Å². The Labute approximate surface area is 315 Å². The predicted molar refractivity (Wildman–Crippen MR) is 210 cm³/mol. The Bertz CT molecular complexity index is 1520. The third kappa shape index (κ3) is 16.9. The van der Waals surface area contributed by atoms with E-state index < -0.39 is 23.9 Å². The minimum absolute atomic E-state index is 0.202. The molecule has 0 radical (unpaired) electrons. The zero-order valence-corrected chi connectivity index (χ0v) is 35.4. The van der Waals surface area contributed by atoms with E-state index in [1.54, 1.807) is 23.5 Å². The minimum atomic E-state index is -1.05. The first-order valence-electron chi connectivity index (χ1n) is 17.4. The van der Waals surface area contributed by atoms with Crippen LogP contribution in [-0.4, -0.2) is 38.2 Å². The number of esters is 2. The molecule has 0 aliphatic rings. The molecule has 0 saturated carbocycles. The first-order chi connectivity index (χ1) is 22.8. The molecule has 0 fully saturated rings. The van der Waals surface area contributed by atoms with E-state index in [0.717, 1.165) is 32.0 Å². The van der Waals surface area contributed by atoms with Crippen LogP contribution < -0.4 is 9.47 Å². The van der Waals surface area contributed by atoms with E-state index in [9.17, 15) is 19.2 Å². The van der Waals surface area contributed by atoms with Gasteiger partial charge in [-0.05, 0) is 72.3 Å². The molecule has 51 heavy (non-hydrogen) atoms. The largest absolute Gasteiger partial charge is 0.481 e. The minimum Gasteiger partial charge on any atom is -0.481 e. The summed E-state index contributed by atoms with van der Waals surface area (Å²) in [5.74, 6) is -2.29. The number of rotatable bonds is 12. The monoisotopic (exact) mass is 746 g/mol. The van der Waals surface area contributed by atoms with E-state index in [0.29, 0.717) is 16.9 Å². The van der Waals surface area contributed by atoms with Gasteiger partial charge in [-0.25, -0.2) is 0 Å². The lowest BCUT2D eigenvalue weighted by Gasteiger charge is -2.32. The van der Waals surface area contributed by atoms with Crippen molar-refractivity contribution in [1.29, 1.82) is 0 Å². The molecule has 0 aromatic heterocycles. The summed E-state index contributed by atoms with van der Waals surface area (Å²) in [6.07, 6.45) is -0.993. The van der Waals surface area contributed by atoms with Crippen LogP contribution in [0.1, 0.15) is 152 Å². The topological polar surface area (TPSA) is 127 Å². The highest BCUT2D eigenvalue weighted by molar-refractivity contribution is 8.18. The molecule has 8 nitrogen and oxygen atoms in total. The Morgan fingerprint density at radius 3 is 1.14 bits per heavy atom.